The second-order valence-corrected chi connectivity index (χ2v) is 8.38. The zero-order valence-corrected chi connectivity index (χ0v) is 15.3. The van der Waals surface area contributed by atoms with E-state index in [-0.39, 0.29) is 17.9 Å². The minimum absolute atomic E-state index is 0.0791. The third-order valence-electron chi connectivity index (χ3n) is 4.59. The lowest BCUT2D eigenvalue weighted by Crippen LogP contribution is -2.50. The van der Waals surface area contributed by atoms with Gasteiger partial charge in [-0.25, -0.2) is 12.7 Å². The van der Waals surface area contributed by atoms with Gasteiger partial charge in [-0.1, -0.05) is 0 Å². The van der Waals surface area contributed by atoms with Crippen molar-refractivity contribution in [3.05, 3.63) is 17.0 Å². The van der Waals surface area contributed by atoms with Crippen molar-refractivity contribution in [3.8, 4) is 0 Å². The molecule has 1 aliphatic rings. The number of piperidine rings is 1. The summed E-state index contributed by atoms with van der Waals surface area (Å²) < 4.78 is 26.5. The molecular weight excluding hydrogens is 316 g/mol. The summed E-state index contributed by atoms with van der Waals surface area (Å²) in [6.45, 7) is 6.59. The topological polar surface area (TPSA) is 84.3 Å². The van der Waals surface area contributed by atoms with E-state index in [9.17, 15) is 13.2 Å². The first-order valence-corrected chi connectivity index (χ1v) is 9.71. The Bertz CT molecular complexity index is 696. The van der Waals surface area contributed by atoms with Gasteiger partial charge in [0.15, 0.2) is 0 Å². The smallest absolute Gasteiger partial charge is 0.227 e. The number of rotatable bonds is 4. The van der Waals surface area contributed by atoms with Crippen molar-refractivity contribution in [3.63, 3.8) is 0 Å². The first-order valence-electron chi connectivity index (χ1n) is 7.87. The molecule has 0 bridgehead atoms. The summed E-state index contributed by atoms with van der Waals surface area (Å²) in [6, 6.07) is -0.134. The molecule has 1 amide bonds. The molecule has 2 unspecified atom stereocenters. The van der Waals surface area contributed by atoms with Crippen LogP contribution in [0.5, 0.6) is 0 Å². The van der Waals surface area contributed by atoms with Gasteiger partial charge in [0, 0.05) is 37.4 Å². The molecule has 23 heavy (non-hydrogen) atoms. The SMILES string of the molecule is Cc1nn(C)c(C)c1C(C)C(=O)NC1CCCN(S(C)(=O)=O)C1. The van der Waals surface area contributed by atoms with Crippen molar-refractivity contribution in [2.24, 2.45) is 7.05 Å². The van der Waals surface area contributed by atoms with Crippen LogP contribution >= 0.6 is 0 Å². The molecule has 2 rings (SSSR count). The van der Waals surface area contributed by atoms with E-state index in [0.29, 0.717) is 13.1 Å². The van der Waals surface area contributed by atoms with Crippen LogP contribution in [-0.2, 0) is 21.9 Å². The van der Waals surface area contributed by atoms with Crippen molar-refractivity contribution < 1.29 is 13.2 Å². The zero-order chi connectivity index (χ0) is 17.4. The summed E-state index contributed by atoms with van der Waals surface area (Å²) in [5.41, 5.74) is 2.78. The molecule has 0 aliphatic carbocycles. The second-order valence-electron chi connectivity index (χ2n) is 6.40. The molecule has 0 saturated carbocycles. The minimum atomic E-state index is -3.21. The molecule has 1 N–H and O–H groups in total. The highest BCUT2D eigenvalue weighted by Crippen LogP contribution is 2.23. The maximum atomic E-state index is 12.6. The van der Waals surface area contributed by atoms with Crippen LogP contribution in [0.15, 0.2) is 0 Å². The number of hydrogen-bond donors (Lipinski definition) is 1. The van der Waals surface area contributed by atoms with Crippen LogP contribution in [0.3, 0.4) is 0 Å². The Morgan fingerprint density at radius 3 is 2.57 bits per heavy atom. The van der Waals surface area contributed by atoms with E-state index in [1.807, 2.05) is 27.8 Å². The van der Waals surface area contributed by atoms with Gasteiger partial charge in [-0.15, -0.1) is 0 Å². The molecule has 1 aromatic heterocycles. The Labute approximate surface area is 138 Å². The first-order chi connectivity index (χ1) is 10.6. The van der Waals surface area contributed by atoms with Crippen molar-refractivity contribution >= 4 is 15.9 Å². The Morgan fingerprint density at radius 2 is 2.04 bits per heavy atom. The lowest BCUT2D eigenvalue weighted by atomic mass is 9.97. The van der Waals surface area contributed by atoms with Gasteiger partial charge in [0.1, 0.15) is 0 Å². The summed E-state index contributed by atoms with van der Waals surface area (Å²) in [7, 11) is -1.35. The average molecular weight is 342 g/mol. The predicted octanol–water partition coefficient (Wildman–Crippen LogP) is 0.681. The number of carbonyl (C=O) groups excluding carboxylic acids is 1. The van der Waals surface area contributed by atoms with Gasteiger partial charge in [0.05, 0.1) is 17.9 Å². The molecule has 0 spiro atoms. The first kappa shape index (κ1) is 17.9. The van der Waals surface area contributed by atoms with Crippen LogP contribution in [0.1, 0.15) is 42.6 Å². The Balaban J connectivity index is 2.06. The van der Waals surface area contributed by atoms with Crippen LogP contribution in [0.25, 0.3) is 0 Å². The van der Waals surface area contributed by atoms with Crippen LogP contribution in [0.4, 0.5) is 0 Å². The highest BCUT2D eigenvalue weighted by molar-refractivity contribution is 7.88. The Kier molecular flexibility index (Phi) is 5.15. The fraction of sp³-hybridized carbons (Fsp3) is 0.733. The number of sulfonamides is 1. The van der Waals surface area contributed by atoms with Crippen molar-refractivity contribution in [2.45, 2.75) is 45.6 Å². The number of amides is 1. The van der Waals surface area contributed by atoms with Crippen molar-refractivity contribution in [1.29, 1.82) is 0 Å². The van der Waals surface area contributed by atoms with E-state index >= 15 is 0 Å². The lowest BCUT2D eigenvalue weighted by Gasteiger charge is -2.32. The molecule has 1 aliphatic heterocycles. The maximum absolute atomic E-state index is 12.6. The van der Waals surface area contributed by atoms with Crippen LogP contribution in [-0.4, -0.2) is 53.8 Å². The van der Waals surface area contributed by atoms with Crippen LogP contribution in [0, 0.1) is 13.8 Å². The molecule has 1 aromatic rings. The van der Waals surface area contributed by atoms with E-state index in [1.54, 1.807) is 4.68 Å². The molecule has 2 atom stereocenters. The molecule has 7 nitrogen and oxygen atoms in total. The van der Waals surface area contributed by atoms with E-state index in [1.165, 1.54) is 10.6 Å². The average Bonchev–Trinajstić information content (AvgIpc) is 2.70. The van der Waals surface area contributed by atoms with Gasteiger partial charge in [-0.3, -0.25) is 9.48 Å². The van der Waals surface area contributed by atoms with Crippen molar-refractivity contribution in [1.82, 2.24) is 19.4 Å². The number of aryl methyl sites for hydroxylation is 2. The van der Waals surface area contributed by atoms with Gasteiger partial charge in [-0.2, -0.15) is 5.10 Å². The molecule has 130 valence electrons. The standard InChI is InChI=1S/C15H26N4O3S/c1-10(14-11(2)17-18(4)12(14)3)15(20)16-13-7-6-8-19(9-13)23(5,21)22/h10,13H,6-9H2,1-5H3,(H,16,20). The number of nitrogens with zero attached hydrogens (tertiary/aromatic N) is 3. The van der Waals surface area contributed by atoms with Gasteiger partial charge in [-0.05, 0) is 33.6 Å². The quantitative estimate of drug-likeness (QED) is 0.872. The number of carbonyl (C=O) groups is 1. The van der Waals surface area contributed by atoms with E-state index < -0.39 is 10.0 Å². The fourth-order valence-electron chi connectivity index (χ4n) is 3.24. The second kappa shape index (κ2) is 6.60. The summed E-state index contributed by atoms with van der Waals surface area (Å²) in [6.07, 6.45) is 2.77. The van der Waals surface area contributed by atoms with Gasteiger partial charge < -0.3 is 5.32 Å². The third kappa shape index (κ3) is 3.92. The summed E-state index contributed by atoms with van der Waals surface area (Å²) in [4.78, 5) is 12.6. The summed E-state index contributed by atoms with van der Waals surface area (Å²) in [5.74, 6) is -0.387. The fourth-order valence-corrected chi connectivity index (χ4v) is 4.15. The van der Waals surface area contributed by atoms with Crippen LogP contribution < -0.4 is 5.32 Å². The van der Waals surface area contributed by atoms with Gasteiger partial charge in [0.25, 0.3) is 0 Å². The molecule has 0 radical (unpaired) electrons. The monoisotopic (exact) mass is 342 g/mol. The maximum Gasteiger partial charge on any atom is 0.227 e. The largest absolute Gasteiger partial charge is 0.352 e. The molecule has 1 fully saturated rings. The Morgan fingerprint density at radius 1 is 1.39 bits per heavy atom. The van der Waals surface area contributed by atoms with Gasteiger partial charge >= 0.3 is 0 Å². The number of nitrogens with one attached hydrogen (secondary N) is 1. The molecule has 8 heteroatoms. The van der Waals surface area contributed by atoms with E-state index in [0.717, 1.165) is 29.8 Å². The molecular formula is C15H26N4O3S. The zero-order valence-electron chi connectivity index (χ0n) is 14.5. The summed E-state index contributed by atoms with van der Waals surface area (Å²) >= 11 is 0. The number of hydrogen-bond acceptors (Lipinski definition) is 4. The van der Waals surface area contributed by atoms with Crippen LogP contribution in [0.2, 0.25) is 0 Å². The lowest BCUT2D eigenvalue weighted by molar-refractivity contribution is -0.123. The minimum Gasteiger partial charge on any atom is -0.352 e. The predicted molar refractivity (Wildman–Crippen MR) is 88.7 cm³/mol. The molecule has 2 heterocycles. The van der Waals surface area contributed by atoms with Gasteiger partial charge in [0.2, 0.25) is 15.9 Å². The third-order valence-corrected chi connectivity index (χ3v) is 5.86. The van der Waals surface area contributed by atoms with E-state index in [4.69, 9.17) is 0 Å². The molecule has 1 saturated heterocycles. The number of aromatic nitrogens is 2. The summed E-state index contributed by atoms with van der Waals surface area (Å²) in [5, 5.41) is 7.36. The normalized spacial score (nSPS) is 21.2. The molecule has 0 aromatic carbocycles. The Hall–Kier alpha value is -1.41. The highest BCUT2D eigenvalue weighted by atomic mass is 32.2. The highest BCUT2D eigenvalue weighted by Gasteiger charge is 2.29. The van der Waals surface area contributed by atoms with E-state index in [2.05, 4.69) is 10.4 Å². The van der Waals surface area contributed by atoms with Crippen molar-refractivity contribution in [2.75, 3.05) is 19.3 Å².